The van der Waals surface area contributed by atoms with Gasteiger partial charge in [-0.25, -0.2) is 0 Å². The second kappa shape index (κ2) is 7.79. The molecule has 4 nitrogen and oxygen atoms in total. The number of rotatable bonds is 7. The molecule has 2 aromatic carbocycles. The fourth-order valence-corrected chi connectivity index (χ4v) is 2.80. The highest BCUT2D eigenvalue weighted by Crippen LogP contribution is 2.19. The Kier molecular flexibility index (Phi) is 5.29. The minimum atomic E-state index is -0.358. The Labute approximate surface area is 146 Å². The number of aromatic nitrogens is 1. The highest BCUT2D eigenvalue weighted by Gasteiger charge is 2.11. The number of aryl methyl sites for hydroxylation is 2. The van der Waals surface area contributed by atoms with Gasteiger partial charge >= 0.3 is 5.97 Å². The molecule has 0 amide bonds. The van der Waals surface area contributed by atoms with Crippen LogP contribution in [0.5, 0.6) is 0 Å². The lowest BCUT2D eigenvalue weighted by atomic mass is 10.1. The average Bonchev–Trinajstić information content (AvgIpc) is 3.07. The first-order chi connectivity index (χ1) is 12.2. The molecule has 0 atom stereocenters. The molecular weight excluding hydrogens is 314 g/mol. The Morgan fingerprint density at radius 2 is 1.80 bits per heavy atom. The fraction of sp³-hybridized carbons (Fsp3) is 0.238. The zero-order valence-corrected chi connectivity index (χ0v) is 14.2. The standard InChI is InChI=1S/C21H21NO3/c1-2-15-7-9-16(10-8-15)20(23)14-25-21(24)12-11-17-13-22-19-6-4-3-5-18(17)19/h3-10,13,22H,2,11-12,14H2,1H3. The van der Waals surface area contributed by atoms with Crippen LogP contribution in [0.15, 0.2) is 54.7 Å². The van der Waals surface area contributed by atoms with E-state index in [0.717, 1.165) is 22.9 Å². The zero-order valence-electron chi connectivity index (χ0n) is 14.2. The highest BCUT2D eigenvalue weighted by molar-refractivity contribution is 5.98. The molecule has 0 radical (unpaired) electrons. The number of para-hydroxylation sites is 1. The number of carbonyl (C=O) groups is 2. The summed E-state index contributed by atoms with van der Waals surface area (Å²) in [6.45, 7) is 1.85. The second-order valence-corrected chi connectivity index (χ2v) is 5.99. The maximum Gasteiger partial charge on any atom is 0.306 e. The smallest absolute Gasteiger partial charge is 0.306 e. The molecule has 128 valence electrons. The van der Waals surface area contributed by atoms with Gasteiger partial charge in [-0.15, -0.1) is 0 Å². The molecule has 0 saturated heterocycles. The number of ketones is 1. The van der Waals surface area contributed by atoms with E-state index >= 15 is 0 Å². The molecule has 3 rings (SSSR count). The number of esters is 1. The number of benzene rings is 2. The van der Waals surface area contributed by atoms with Gasteiger partial charge in [0.05, 0.1) is 0 Å². The average molecular weight is 335 g/mol. The molecule has 0 aliphatic rings. The van der Waals surface area contributed by atoms with Crippen molar-refractivity contribution < 1.29 is 14.3 Å². The molecule has 3 aromatic rings. The fourth-order valence-electron chi connectivity index (χ4n) is 2.80. The summed E-state index contributed by atoms with van der Waals surface area (Å²) in [4.78, 5) is 27.2. The van der Waals surface area contributed by atoms with E-state index in [4.69, 9.17) is 4.74 Å². The second-order valence-electron chi connectivity index (χ2n) is 5.99. The molecule has 0 bridgehead atoms. The number of H-pyrrole nitrogens is 1. The summed E-state index contributed by atoms with van der Waals surface area (Å²) in [5, 5.41) is 1.11. The molecule has 0 spiro atoms. The van der Waals surface area contributed by atoms with Crippen molar-refractivity contribution in [3.63, 3.8) is 0 Å². The van der Waals surface area contributed by atoms with E-state index in [0.29, 0.717) is 12.0 Å². The molecular formula is C21H21NO3. The lowest BCUT2D eigenvalue weighted by Gasteiger charge is -2.05. The van der Waals surface area contributed by atoms with E-state index in [2.05, 4.69) is 11.9 Å². The summed E-state index contributed by atoms with van der Waals surface area (Å²) in [6.07, 6.45) is 3.68. The lowest BCUT2D eigenvalue weighted by Crippen LogP contribution is -2.14. The van der Waals surface area contributed by atoms with Crippen molar-refractivity contribution in [2.24, 2.45) is 0 Å². The van der Waals surface area contributed by atoms with Crippen molar-refractivity contribution in [1.82, 2.24) is 4.98 Å². The number of Topliss-reactive ketones (excluding diaryl/α,β-unsaturated/α-hetero) is 1. The van der Waals surface area contributed by atoms with Crippen LogP contribution in [0.4, 0.5) is 0 Å². The zero-order chi connectivity index (χ0) is 17.6. The largest absolute Gasteiger partial charge is 0.457 e. The minimum absolute atomic E-state index is 0.178. The van der Waals surface area contributed by atoms with Crippen LogP contribution in [-0.2, 0) is 22.4 Å². The summed E-state index contributed by atoms with van der Waals surface area (Å²) >= 11 is 0. The molecule has 1 N–H and O–H groups in total. The van der Waals surface area contributed by atoms with E-state index in [9.17, 15) is 9.59 Å². The van der Waals surface area contributed by atoms with Crippen LogP contribution in [0.2, 0.25) is 0 Å². The van der Waals surface area contributed by atoms with Gasteiger partial charge in [-0.2, -0.15) is 0 Å². The molecule has 1 aromatic heterocycles. The van der Waals surface area contributed by atoms with Gasteiger partial charge in [-0.05, 0) is 30.0 Å². The normalized spacial score (nSPS) is 10.8. The number of hydrogen-bond donors (Lipinski definition) is 1. The van der Waals surface area contributed by atoms with Crippen LogP contribution in [0.1, 0.15) is 34.8 Å². The van der Waals surface area contributed by atoms with Gasteiger partial charge in [0.2, 0.25) is 0 Å². The Balaban J connectivity index is 1.50. The Morgan fingerprint density at radius 1 is 1.04 bits per heavy atom. The van der Waals surface area contributed by atoms with E-state index in [-0.39, 0.29) is 24.8 Å². The predicted octanol–water partition coefficient (Wildman–Crippen LogP) is 4.09. The molecule has 0 aliphatic heterocycles. The van der Waals surface area contributed by atoms with E-state index < -0.39 is 0 Å². The molecule has 0 unspecified atom stereocenters. The third-order valence-corrected chi connectivity index (χ3v) is 4.32. The molecule has 0 aliphatic carbocycles. The van der Waals surface area contributed by atoms with Crippen LogP contribution in [0.25, 0.3) is 10.9 Å². The van der Waals surface area contributed by atoms with Crippen LogP contribution >= 0.6 is 0 Å². The number of carbonyl (C=O) groups excluding carboxylic acids is 2. The van der Waals surface area contributed by atoms with E-state index in [1.165, 1.54) is 5.56 Å². The number of hydrogen-bond acceptors (Lipinski definition) is 3. The van der Waals surface area contributed by atoms with Crippen molar-refractivity contribution in [3.8, 4) is 0 Å². The van der Waals surface area contributed by atoms with Gasteiger partial charge < -0.3 is 9.72 Å². The van der Waals surface area contributed by atoms with Crippen LogP contribution in [0.3, 0.4) is 0 Å². The third-order valence-electron chi connectivity index (χ3n) is 4.32. The quantitative estimate of drug-likeness (QED) is 0.522. The highest BCUT2D eigenvalue weighted by atomic mass is 16.5. The molecule has 4 heteroatoms. The SMILES string of the molecule is CCc1ccc(C(=O)COC(=O)CCc2c[nH]c3ccccc23)cc1. The van der Waals surface area contributed by atoms with Gasteiger partial charge in [0.15, 0.2) is 12.4 Å². The summed E-state index contributed by atoms with van der Waals surface area (Å²) in [5.41, 5.74) is 3.87. The predicted molar refractivity (Wildman–Crippen MR) is 97.7 cm³/mol. The van der Waals surface area contributed by atoms with Gasteiger partial charge in [0.1, 0.15) is 0 Å². The summed E-state index contributed by atoms with van der Waals surface area (Å²) in [6, 6.07) is 15.4. The molecule has 0 saturated carbocycles. The first-order valence-corrected chi connectivity index (χ1v) is 8.50. The van der Waals surface area contributed by atoms with Gasteiger partial charge in [-0.1, -0.05) is 49.4 Å². The first kappa shape index (κ1) is 17.0. The summed E-state index contributed by atoms with van der Waals surface area (Å²) in [7, 11) is 0. The number of fused-ring (bicyclic) bond motifs is 1. The van der Waals surface area contributed by atoms with Crippen molar-refractivity contribution in [1.29, 1.82) is 0 Å². The van der Waals surface area contributed by atoms with E-state index in [1.54, 1.807) is 12.1 Å². The first-order valence-electron chi connectivity index (χ1n) is 8.50. The van der Waals surface area contributed by atoms with Crippen molar-refractivity contribution in [2.45, 2.75) is 26.2 Å². The van der Waals surface area contributed by atoms with Crippen LogP contribution in [0, 0.1) is 0 Å². The Bertz CT molecular complexity index is 878. The molecule has 1 heterocycles. The van der Waals surface area contributed by atoms with Gasteiger partial charge in [0, 0.05) is 29.1 Å². The van der Waals surface area contributed by atoms with Crippen LogP contribution < -0.4 is 0 Å². The Morgan fingerprint density at radius 3 is 2.56 bits per heavy atom. The van der Waals surface area contributed by atoms with Crippen LogP contribution in [-0.4, -0.2) is 23.3 Å². The van der Waals surface area contributed by atoms with Crippen molar-refractivity contribution in [2.75, 3.05) is 6.61 Å². The topological polar surface area (TPSA) is 59.2 Å². The Hall–Kier alpha value is -2.88. The van der Waals surface area contributed by atoms with Gasteiger partial charge in [0.25, 0.3) is 0 Å². The van der Waals surface area contributed by atoms with Gasteiger partial charge in [-0.3, -0.25) is 9.59 Å². The molecule has 25 heavy (non-hydrogen) atoms. The maximum atomic E-state index is 12.1. The number of nitrogens with one attached hydrogen (secondary N) is 1. The minimum Gasteiger partial charge on any atom is -0.457 e. The number of aromatic amines is 1. The van der Waals surface area contributed by atoms with Crippen molar-refractivity contribution in [3.05, 3.63) is 71.4 Å². The maximum absolute atomic E-state index is 12.1. The molecule has 0 fully saturated rings. The van der Waals surface area contributed by atoms with E-state index in [1.807, 2.05) is 42.6 Å². The monoisotopic (exact) mass is 335 g/mol. The lowest BCUT2D eigenvalue weighted by molar-refractivity contribution is -0.142. The summed E-state index contributed by atoms with van der Waals surface area (Å²) < 4.78 is 5.13. The summed E-state index contributed by atoms with van der Waals surface area (Å²) in [5.74, 6) is -0.535. The van der Waals surface area contributed by atoms with Crippen molar-refractivity contribution >= 4 is 22.7 Å². The number of ether oxygens (including phenoxy) is 1. The third kappa shape index (κ3) is 4.15.